The standard InChI is InChI=1S/C30H35N3O3/c1-2-36-30(35)24-16-18-32(19-17-24)21-27(34)33-29(23-12-7-4-8-13-23)26-15-9-14-25(28(26)31-33)20-22-10-5-3-6-11-22/h3-8,10-13,20,24,26,29H,2,9,14-19,21H2,1H3. The van der Waals surface area contributed by atoms with Gasteiger partial charge in [0, 0.05) is 5.92 Å². The molecule has 5 rings (SSSR count). The smallest absolute Gasteiger partial charge is 0.309 e. The van der Waals surface area contributed by atoms with Gasteiger partial charge in [-0.05, 0) is 74.9 Å². The Morgan fingerprint density at radius 3 is 2.39 bits per heavy atom. The van der Waals surface area contributed by atoms with Crippen molar-refractivity contribution in [2.24, 2.45) is 16.9 Å². The van der Waals surface area contributed by atoms with Crippen LogP contribution in [0.15, 0.2) is 71.3 Å². The first kappa shape index (κ1) is 24.4. The normalized spacial score (nSPS) is 23.9. The van der Waals surface area contributed by atoms with Crippen LogP contribution in [0.4, 0.5) is 0 Å². The summed E-state index contributed by atoms with van der Waals surface area (Å²) in [7, 11) is 0. The van der Waals surface area contributed by atoms with Gasteiger partial charge in [0.1, 0.15) is 0 Å². The quantitative estimate of drug-likeness (QED) is 0.535. The molecule has 1 aliphatic carbocycles. The molecule has 3 aliphatic rings. The molecule has 2 heterocycles. The first-order valence-electron chi connectivity index (χ1n) is 13.2. The van der Waals surface area contributed by atoms with E-state index in [9.17, 15) is 9.59 Å². The van der Waals surface area contributed by atoms with Crippen LogP contribution in [0.5, 0.6) is 0 Å². The van der Waals surface area contributed by atoms with Crippen LogP contribution in [0.1, 0.15) is 56.2 Å². The van der Waals surface area contributed by atoms with Gasteiger partial charge >= 0.3 is 5.97 Å². The fraction of sp³-hybridized carbons (Fsp3) is 0.433. The lowest BCUT2D eigenvalue weighted by Crippen LogP contribution is -2.43. The second kappa shape index (κ2) is 11.2. The lowest BCUT2D eigenvalue weighted by atomic mass is 9.77. The number of hydrazone groups is 1. The van der Waals surface area contributed by atoms with Gasteiger partial charge in [0.05, 0.1) is 30.8 Å². The maximum atomic E-state index is 13.7. The van der Waals surface area contributed by atoms with Crippen LogP contribution in [-0.2, 0) is 14.3 Å². The number of hydrogen-bond donors (Lipinski definition) is 0. The van der Waals surface area contributed by atoms with E-state index in [-0.39, 0.29) is 29.8 Å². The largest absolute Gasteiger partial charge is 0.466 e. The summed E-state index contributed by atoms with van der Waals surface area (Å²) in [5.74, 6) is 0.0586. The lowest BCUT2D eigenvalue weighted by molar-refractivity contribution is -0.149. The monoisotopic (exact) mass is 485 g/mol. The number of rotatable bonds is 6. The molecule has 0 aromatic heterocycles. The first-order chi connectivity index (χ1) is 17.6. The van der Waals surface area contributed by atoms with E-state index in [0.717, 1.165) is 56.5 Å². The number of fused-ring (bicyclic) bond motifs is 1. The maximum Gasteiger partial charge on any atom is 0.309 e. The molecule has 0 N–H and O–H groups in total. The highest BCUT2D eigenvalue weighted by molar-refractivity contribution is 6.08. The molecule has 0 bridgehead atoms. The number of amides is 1. The molecule has 1 saturated carbocycles. The van der Waals surface area contributed by atoms with E-state index in [1.807, 2.05) is 31.2 Å². The zero-order chi connectivity index (χ0) is 24.9. The molecule has 1 amide bonds. The molecule has 2 fully saturated rings. The van der Waals surface area contributed by atoms with Gasteiger partial charge in [-0.2, -0.15) is 5.10 Å². The summed E-state index contributed by atoms with van der Waals surface area (Å²) in [5.41, 5.74) is 4.61. The van der Waals surface area contributed by atoms with E-state index in [4.69, 9.17) is 9.84 Å². The van der Waals surface area contributed by atoms with Crippen LogP contribution in [0.25, 0.3) is 6.08 Å². The summed E-state index contributed by atoms with van der Waals surface area (Å²) in [6.45, 7) is 4.01. The lowest BCUT2D eigenvalue weighted by Gasteiger charge is -2.33. The minimum Gasteiger partial charge on any atom is -0.466 e. The number of carbonyl (C=O) groups is 2. The molecular formula is C30H35N3O3. The second-order valence-electron chi connectivity index (χ2n) is 9.96. The van der Waals surface area contributed by atoms with Gasteiger partial charge in [0.25, 0.3) is 5.91 Å². The Morgan fingerprint density at radius 1 is 1.00 bits per heavy atom. The van der Waals surface area contributed by atoms with E-state index in [0.29, 0.717) is 13.2 Å². The van der Waals surface area contributed by atoms with Gasteiger partial charge in [0.15, 0.2) is 0 Å². The average molecular weight is 486 g/mol. The molecule has 1 saturated heterocycles. The second-order valence-corrected chi connectivity index (χ2v) is 9.96. The minimum atomic E-state index is -0.111. The van der Waals surface area contributed by atoms with Crippen LogP contribution < -0.4 is 0 Å². The fourth-order valence-electron chi connectivity index (χ4n) is 5.79. The Morgan fingerprint density at radius 2 is 1.69 bits per heavy atom. The number of allylic oxidation sites excluding steroid dienone is 1. The zero-order valence-electron chi connectivity index (χ0n) is 21.0. The van der Waals surface area contributed by atoms with E-state index in [1.165, 1.54) is 11.1 Å². The van der Waals surface area contributed by atoms with E-state index >= 15 is 0 Å². The zero-order valence-corrected chi connectivity index (χ0v) is 21.0. The number of piperidine rings is 1. The summed E-state index contributed by atoms with van der Waals surface area (Å²) >= 11 is 0. The molecule has 0 spiro atoms. The van der Waals surface area contributed by atoms with Crippen LogP contribution in [0, 0.1) is 11.8 Å². The van der Waals surface area contributed by atoms with Crippen molar-refractivity contribution in [2.75, 3.05) is 26.2 Å². The Hall–Kier alpha value is -3.25. The van der Waals surface area contributed by atoms with Crippen molar-refractivity contribution in [3.8, 4) is 0 Å². The molecule has 2 aliphatic heterocycles. The third-order valence-electron chi connectivity index (χ3n) is 7.61. The Kier molecular flexibility index (Phi) is 7.61. The molecule has 0 radical (unpaired) electrons. The highest BCUT2D eigenvalue weighted by Gasteiger charge is 2.44. The molecule has 2 aromatic rings. The van der Waals surface area contributed by atoms with E-state index in [2.05, 4.69) is 47.4 Å². The van der Waals surface area contributed by atoms with Gasteiger partial charge in [0.2, 0.25) is 0 Å². The number of likely N-dealkylation sites (tertiary alicyclic amines) is 1. The molecule has 188 valence electrons. The number of hydrogen-bond acceptors (Lipinski definition) is 5. The number of benzene rings is 2. The Bertz CT molecular complexity index is 1120. The van der Waals surface area contributed by atoms with Gasteiger partial charge in [-0.15, -0.1) is 0 Å². The van der Waals surface area contributed by atoms with Crippen molar-refractivity contribution in [3.63, 3.8) is 0 Å². The van der Waals surface area contributed by atoms with Crippen molar-refractivity contribution < 1.29 is 14.3 Å². The van der Waals surface area contributed by atoms with Crippen molar-refractivity contribution in [2.45, 2.75) is 45.1 Å². The molecule has 6 nitrogen and oxygen atoms in total. The van der Waals surface area contributed by atoms with Crippen LogP contribution in [-0.4, -0.2) is 53.7 Å². The molecule has 6 heteroatoms. The number of nitrogens with zero attached hydrogens (tertiary/aromatic N) is 3. The van der Waals surface area contributed by atoms with Crippen LogP contribution in [0.2, 0.25) is 0 Å². The third-order valence-corrected chi connectivity index (χ3v) is 7.61. The summed E-state index contributed by atoms with van der Waals surface area (Å²) in [6.07, 6.45) is 6.80. The van der Waals surface area contributed by atoms with Crippen molar-refractivity contribution >= 4 is 23.7 Å². The highest BCUT2D eigenvalue weighted by atomic mass is 16.5. The molecule has 2 atom stereocenters. The SMILES string of the molecule is CCOC(=O)C1CCN(CC(=O)N2N=C3C(=Cc4ccccc4)CCCC3C2c2ccccc2)CC1. The average Bonchev–Trinajstić information content (AvgIpc) is 3.31. The Balaban J connectivity index is 1.36. The van der Waals surface area contributed by atoms with Crippen molar-refractivity contribution in [1.82, 2.24) is 9.91 Å². The van der Waals surface area contributed by atoms with Crippen LogP contribution in [0.3, 0.4) is 0 Å². The molecule has 36 heavy (non-hydrogen) atoms. The van der Waals surface area contributed by atoms with Crippen molar-refractivity contribution in [3.05, 3.63) is 77.4 Å². The Labute approximate surface area is 213 Å². The number of ether oxygens (including phenoxy) is 1. The maximum absolute atomic E-state index is 13.7. The van der Waals surface area contributed by atoms with E-state index < -0.39 is 0 Å². The fourth-order valence-corrected chi connectivity index (χ4v) is 5.79. The molecule has 2 unspecified atom stereocenters. The summed E-state index contributed by atoms with van der Waals surface area (Å²) in [5, 5.41) is 6.77. The summed E-state index contributed by atoms with van der Waals surface area (Å²) in [6, 6.07) is 20.6. The first-order valence-corrected chi connectivity index (χ1v) is 13.2. The predicted molar refractivity (Wildman–Crippen MR) is 141 cm³/mol. The van der Waals surface area contributed by atoms with Gasteiger partial charge in [-0.25, -0.2) is 5.01 Å². The van der Waals surface area contributed by atoms with Gasteiger partial charge in [-0.3, -0.25) is 14.5 Å². The number of esters is 1. The third kappa shape index (κ3) is 5.29. The van der Waals surface area contributed by atoms with E-state index in [1.54, 1.807) is 5.01 Å². The molecule has 2 aromatic carbocycles. The van der Waals surface area contributed by atoms with Crippen molar-refractivity contribution in [1.29, 1.82) is 0 Å². The predicted octanol–water partition coefficient (Wildman–Crippen LogP) is 5.08. The summed E-state index contributed by atoms with van der Waals surface area (Å²) in [4.78, 5) is 27.9. The topological polar surface area (TPSA) is 62.2 Å². The highest BCUT2D eigenvalue weighted by Crippen LogP contribution is 2.44. The minimum absolute atomic E-state index is 0.0272. The number of carbonyl (C=O) groups excluding carboxylic acids is 2. The van der Waals surface area contributed by atoms with Gasteiger partial charge in [-0.1, -0.05) is 60.7 Å². The molecular weight excluding hydrogens is 450 g/mol. The summed E-state index contributed by atoms with van der Waals surface area (Å²) < 4.78 is 5.19. The van der Waals surface area contributed by atoms with Gasteiger partial charge < -0.3 is 4.74 Å². The van der Waals surface area contributed by atoms with Crippen LogP contribution >= 0.6 is 0 Å².